The lowest BCUT2D eigenvalue weighted by Gasteiger charge is -2.30. The summed E-state index contributed by atoms with van der Waals surface area (Å²) in [5.41, 5.74) is -1.86. The van der Waals surface area contributed by atoms with E-state index in [1.165, 1.54) is 19.1 Å². The van der Waals surface area contributed by atoms with Gasteiger partial charge < -0.3 is 10.2 Å². The van der Waals surface area contributed by atoms with Crippen LogP contribution in [0.5, 0.6) is 0 Å². The number of hydrogen-bond acceptors (Lipinski definition) is 2. The minimum absolute atomic E-state index is 0.138. The quantitative estimate of drug-likeness (QED) is 0.898. The topological polar surface area (TPSA) is 74.6 Å². The lowest BCUT2D eigenvalue weighted by molar-refractivity contribution is -0.142. The van der Waals surface area contributed by atoms with E-state index in [0.717, 1.165) is 12.1 Å². The average Bonchev–Trinajstić information content (AvgIpc) is 2.37. The first-order valence-corrected chi connectivity index (χ1v) is 6.08. The Balaban J connectivity index is 2.66. The molecule has 2 rings (SSSR count). The van der Waals surface area contributed by atoms with E-state index >= 15 is 0 Å². The molecule has 0 saturated carbocycles. The molecule has 1 unspecified atom stereocenters. The predicted octanol–water partition coefficient (Wildman–Crippen LogP) is 2.65. The summed E-state index contributed by atoms with van der Waals surface area (Å²) in [4.78, 5) is 22.8. The lowest BCUT2D eigenvalue weighted by atomic mass is 9.71. The van der Waals surface area contributed by atoms with Crippen LogP contribution in [0.2, 0.25) is 0 Å². The first-order valence-electron chi connectivity index (χ1n) is 6.08. The molecule has 0 spiro atoms. The highest BCUT2D eigenvalue weighted by molar-refractivity contribution is 5.93. The van der Waals surface area contributed by atoms with Gasteiger partial charge >= 0.3 is 11.9 Å². The van der Waals surface area contributed by atoms with Gasteiger partial charge in [0.05, 0.1) is 0 Å². The average molecular weight is 294 g/mol. The summed E-state index contributed by atoms with van der Waals surface area (Å²) in [6, 6.07) is 2.57. The monoisotopic (exact) mass is 294 g/mol. The van der Waals surface area contributed by atoms with Crippen molar-refractivity contribution in [2.45, 2.75) is 18.8 Å². The molecule has 110 valence electrons. The lowest BCUT2D eigenvalue weighted by Crippen LogP contribution is -2.38. The van der Waals surface area contributed by atoms with E-state index in [0.29, 0.717) is 11.6 Å². The number of carboxylic acid groups (broad SMARTS) is 2. The van der Waals surface area contributed by atoms with Crippen LogP contribution in [0.4, 0.5) is 8.78 Å². The van der Waals surface area contributed by atoms with Crippen LogP contribution < -0.4 is 0 Å². The summed E-state index contributed by atoms with van der Waals surface area (Å²) in [5.74, 6) is -4.51. The van der Waals surface area contributed by atoms with Crippen molar-refractivity contribution in [1.82, 2.24) is 0 Å². The second-order valence-electron chi connectivity index (χ2n) is 4.94. The molecule has 1 aliphatic carbocycles. The molecule has 0 bridgehead atoms. The zero-order valence-corrected chi connectivity index (χ0v) is 11.1. The molecule has 1 aromatic carbocycles. The number of hydrogen-bond donors (Lipinski definition) is 2. The van der Waals surface area contributed by atoms with Crippen LogP contribution in [0.1, 0.15) is 18.9 Å². The van der Waals surface area contributed by atoms with Crippen molar-refractivity contribution in [3.63, 3.8) is 0 Å². The fourth-order valence-corrected chi connectivity index (χ4v) is 2.52. The van der Waals surface area contributed by atoms with E-state index < -0.39 is 35.4 Å². The molecule has 21 heavy (non-hydrogen) atoms. The van der Waals surface area contributed by atoms with Crippen molar-refractivity contribution < 1.29 is 28.6 Å². The van der Waals surface area contributed by atoms with Crippen LogP contribution >= 0.6 is 0 Å². The van der Waals surface area contributed by atoms with Crippen LogP contribution in [-0.2, 0) is 15.0 Å². The van der Waals surface area contributed by atoms with E-state index in [9.17, 15) is 23.5 Å². The summed E-state index contributed by atoms with van der Waals surface area (Å²) in [6.07, 6.45) is 2.22. The van der Waals surface area contributed by atoms with Crippen LogP contribution in [0.15, 0.2) is 41.5 Å². The molecule has 0 fully saturated rings. The van der Waals surface area contributed by atoms with Gasteiger partial charge in [0.15, 0.2) is 0 Å². The van der Waals surface area contributed by atoms with E-state index in [2.05, 4.69) is 0 Å². The first-order chi connectivity index (χ1) is 9.76. The number of benzene rings is 1. The van der Waals surface area contributed by atoms with Crippen molar-refractivity contribution in [2.24, 2.45) is 0 Å². The van der Waals surface area contributed by atoms with E-state index in [4.69, 9.17) is 5.11 Å². The highest BCUT2D eigenvalue weighted by Gasteiger charge is 2.44. The summed E-state index contributed by atoms with van der Waals surface area (Å²) in [5, 5.41) is 18.6. The molecule has 1 atom stereocenters. The molecule has 2 N–H and O–H groups in total. The Bertz CT molecular complexity index is 691. The highest BCUT2D eigenvalue weighted by atomic mass is 19.1. The Kier molecular flexibility index (Phi) is 3.63. The van der Waals surface area contributed by atoms with Crippen LogP contribution in [0.3, 0.4) is 0 Å². The molecule has 1 aliphatic rings. The Morgan fingerprint density at radius 1 is 1.24 bits per heavy atom. The van der Waals surface area contributed by atoms with E-state index in [-0.39, 0.29) is 11.1 Å². The van der Waals surface area contributed by atoms with Crippen LogP contribution in [0.25, 0.3) is 0 Å². The molecular weight excluding hydrogens is 282 g/mol. The second-order valence-corrected chi connectivity index (χ2v) is 4.94. The Hall–Kier alpha value is -2.50. The number of rotatable bonds is 3. The van der Waals surface area contributed by atoms with Crippen molar-refractivity contribution in [1.29, 1.82) is 0 Å². The third-order valence-electron chi connectivity index (χ3n) is 3.41. The number of halogens is 2. The fraction of sp³-hybridized carbons (Fsp3) is 0.200. The van der Waals surface area contributed by atoms with Crippen molar-refractivity contribution >= 4 is 11.9 Å². The van der Waals surface area contributed by atoms with Crippen molar-refractivity contribution in [3.8, 4) is 0 Å². The minimum Gasteiger partial charge on any atom is -0.480 e. The SMILES string of the molecule is CC1=CC(C(=O)O)(c2ccc(F)cc2F)CC(C(=O)O)=C1. The molecule has 0 heterocycles. The van der Waals surface area contributed by atoms with Gasteiger partial charge in [0.25, 0.3) is 0 Å². The van der Waals surface area contributed by atoms with Gasteiger partial charge in [0.1, 0.15) is 17.0 Å². The maximum absolute atomic E-state index is 14.0. The third-order valence-corrected chi connectivity index (χ3v) is 3.41. The van der Waals surface area contributed by atoms with Gasteiger partial charge in [-0.1, -0.05) is 17.7 Å². The largest absolute Gasteiger partial charge is 0.480 e. The van der Waals surface area contributed by atoms with Gasteiger partial charge in [-0.25, -0.2) is 13.6 Å². The van der Waals surface area contributed by atoms with Gasteiger partial charge in [-0.2, -0.15) is 0 Å². The zero-order chi connectivity index (χ0) is 15.8. The number of carbonyl (C=O) groups is 2. The van der Waals surface area contributed by atoms with Gasteiger partial charge in [-0.3, -0.25) is 4.79 Å². The molecule has 6 heteroatoms. The third kappa shape index (κ3) is 2.56. The summed E-state index contributed by atoms with van der Waals surface area (Å²) >= 11 is 0. The molecular formula is C15H12F2O4. The van der Waals surface area contributed by atoms with Crippen molar-refractivity contribution in [3.05, 3.63) is 58.7 Å². The molecule has 1 aromatic rings. The summed E-state index contributed by atoms with van der Waals surface area (Å²) in [6.45, 7) is 1.53. The Labute approximate surface area is 119 Å². The number of carboxylic acids is 2. The standard InChI is InChI=1S/C15H12F2O4/c1-8-4-9(13(18)19)7-15(6-8,14(20)21)11-3-2-10(16)5-12(11)17/h2-6H,7H2,1H3,(H,18,19)(H,20,21). The van der Waals surface area contributed by atoms with Crippen molar-refractivity contribution in [2.75, 3.05) is 0 Å². The molecule has 4 nitrogen and oxygen atoms in total. The molecule has 0 aromatic heterocycles. The molecule has 0 aliphatic heterocycles. The number of allylic oxidation sites excluding steroid dienone is 2. The first kappa shape index (κ1) is 14.9. The fourth-order valence-electron chi connectivity index (χ4n) is 2.52. The molecule has 0 saturated heterocycles. The van der Waals surface area contributed by atoms with Gasteiger partial charge in [0, 0.05) is 23.6 Å². The highest BCUT2D eigenvalue weighted by Crippen LogP contribution is 2.39. The van der Waals surface area contributed by atoms with Crippen LogP contribution in [-0.4, -0.2) is 22.2 Å². The van der Waals surface area contributed by atoms with E-state index in [1.807, 2.05) is 0 Å². The van der Waals surface area contributed by atoms with Gasteiger partial charge in [-0.15, -0.1) is 0 Å². The maximum atomic E-state index is 14.0. The second kappa shape index (κ2) is 5.12. The van der Waals surface area contributed by atoms with E-state index in [1.54, 1.807) is 0 Å². The minimum atomic E-state index is -1.86. The van der Waals surface area contributed by atoms with Gasteiger partial charge in [-0.05, 0) is 19.1 Å². The van der Waals surface area contributed by atoms with Gasteiger partial charge in [0.2, 0.25) is 0 Å². The molecule has 0 radical (unpaired) electrons. The normalized spacial score (nSPS) is 21.5. The summed E-state index contributed by atoms with van der Waals surface area (Å²) in [7, 11) is 0. The smallest absolute Gasteiger partial charge is 0.331 e. The Morgan fingerprint density at radius 3 is 2.43 bits per heavy atom. The zero-order valence-electron chi connectivity index (χ0n) is 11.1. The van der Waals surface area contributed by atoms with Crippen LogP contribution in [0, 0.1) is 11.6 Å². The maximum Gasteiger partial charge on any atom is 0.331 e. The predicted molar refractivity (Wildman–Crippen MR) is 69.8 cm³/mol. The Morgan fingerprint density at radius 2 is 1.90 bits per heavy atom. The number of aliphatic carboxylic acids is 2. The summed E-state index contributed by atoms with van der Waals surface area (Å²) < 4.78 is 27.0. The molecule has 0 amide bonds.